The molecular formula is C21H20FN5O. The van der Waals surface area contributed by atoms with E-state index < -0.39 is 0 Å². The number of aromatic nitrogens is 3. The minimum atomic E-state index is -0.304. The molecule has 0 radical (unpaired) electrons. The quantitative estimate of drug-likeness (QED) is 0.651. The van der Waals surface area contributed by atoms with Gasteiger partial charge in [0.15, 0.2) is 5.78 Å². The first kappa shape index (κ1) is 18.0. The first-order valence-corrected chi connectivity index (χ1v) is 9.17. The number of nitrogens with zero attached hydrogens (tertiary/aromatic N) is 5. The molecule has 142 valence electrons. The van der Waals surface area contributed by atoms with Crippen LogP contribution in [0.5, 0.6) is 0 Å². The average molecular weight is 377 g/mol. The molecule has 1 aliphatic heterocycles. The number of piperazine rings is 1. The molecule has 0 aliphatic carbocycles. The van der Waals surface area contributed by atoms with Crippen LogP contribution in [0, 0.1) is 5.82 Å². The SMILES string of the molecule is CC(=O)c1ccc(N2CCN(c3nncc(-c4cccc(F)c4)n3)CC2)cc1. The normalized spacial score (nSPS) is 14.2. The molecule has 0 unspecified atom stereocenters. The van der Waals surface area contributed by atoms with Crippen molar-refractivity contribution in [2.45, 2.75) is 6.92 Å². The van der Waals surface area contributed by atoms with Crippen molar-refractivity contribution >= 4 is 17.4 Å². The molecule has 0 bridgehead atoms. The number of Topliss-reactive ketones (excluding diaryl/α,β-unsaturated/α-hetero) is 1. The average Bonchev–Trinajstić information content (AvgIpc) is 2.74. The fraction of sp³-hybridized carbons (Fsp3) is 0.238. The largest absolute Gasteiger partial charge is 0.368 e. The topological polar surface area (TPSA) is 62.2 Å². The Morgan fingerprint density at radius 3 is 2.39 bits per heavy atom. The van der Waals surface area contributed by atoms with Crippen molar-refractivity contribution in [1.29, 1.82) is 0 Å². The van der Waals surface area contributed by atoms with Gasteiger partial charge in [-0.15, -0.1) is 5.10 Å². The van der Waals surface area contributed by atoms with E-state index in [2.05, 4.69) is 25.0 Å². The van der Waals surface area contributed by atoms with Gasteiger partial charge >= 0.3 is 0 Å². The van der Waals surface area contributed by atoms with Crippen LogP contribution in [0.2, 0.25) is 0 Å². The number of hydrogen-bond donors (Lipinski definition) is 0. The fourth-order valence-corrected chi connectivity index (χ4v) is 3.29. The number of carbonyl (C=O) groups excluding carboxylic acids is 1. The molecule has 1 fully saturated rings. The number of carbonyl (C=O) groups is 1. The minimum absolute atomic E-state index is 0.0687. The highest BCUT2D eigenvalue weighted by Gasteiger charge is 2.20. The molecule has 0 amide bonds. The van der Waals surface area contributed by atoms with Gasteiger partial charge in [0.1, 0.15) is 5.82 Å². The van der Waals surface area contributed by atoms with Gasteiger partial charge in [0.25, 0.3) is 0 Å². The Kier molecular flexibility index (Phi) is 4.97. The lowest BCUT2D eigenvalue weighted by atomic mass is 10.1. The maximum atomic E-state index is 13.5. The zero-order valence-electron chi connectivity index (χ0n) is 15.5. The highest BCUT2D eigenvalue weighted by atomic mass is 19.1. The van der Waals surface area contributed by atoms with Crippen LogP contribution in [0.25, 0.3) is 11.3 Å². The van der Waals surface area contributed by atoms with Crippen LogP contribution in [0.1, 0.15) is 17.3 Å². The number of hydrogen-bond acceptors (Lipinski definition) is 6. The molecule has 28 heavy (non-hydrogen) atoms. The molecule has 0 spiro atoms. The van der Waals surface area contributed by atoms with Crippen LogP contribution in [-0.2, 0) is 0 Å². The van der Waals surface area contributed by atoms with Crippen LogP contribution >= 0.6 is 0 Å². The summed E-state index contributed by atoms with van der Waals surface area (Å²) >= 11 is 0. The van der Waals surface area contributed by atoms with E-state index in [0.717, 1.165) is 37.4 Å². The predicted molar refractivity (Wildman–Crippen MR) is 106 cm³/mol. The van der Waals surface area contributed by atoms with Crippen molar-refractivity contribution in [3.63, 3.8) is 0 Å². The van der Waals surface area contributed by atoms with Crippen LogP contribution in [0.15, 0.2) is 54.7 Å². The molecular weight excluding hydrogens is 357 g/mol. The third-order valence-electron chi connectivity index (χ3n) is 4.87. The Morgan fingerprint density at radius 2 is 1.71 bits per heavy atom. The summed E-state index contributed by atoms with van der Waals surface area (Å²) in [5.74, 6) is 0.314. The first-order chi connectivity index (χ1) is 13.6. The van der Waals surface area contributed by atoms with Crippen molar-refractivity contribution in [2.75, 3.05) is 36.0 Å². The third kappa shape index (κ3) is 3.83. The molecule has 0 saturated carbocycles. The van der Waals surface area contributed by atoms with E-state index in [9.17, 15) is 9.18 Å². The van der Waals surface area contributed by atoms with Crippen LogP contribution < -0.4 is 9.80 Å². The molecule has 2 heterocycles. The molecule has 0 N–H and O–H groups in total. The molecule has 3 aromatic rings. The second-order valence-corrected chi connectivity index (χ2v) is 6.73. The maximum Gasteiger partial charge on any atom is 0.246 e. The smallest absolute Gasteiger partial charge is 0.246 e. The molecule has 2 aromatic carbocycles. The van der Waals surface area contributed by atoms with Gasteiger partial charge in [-0.25, -0.2) is 9.37 Å². The lowest BCUT2D eigenvalue weighted by Crippen LogP contribution is -2.47. The standard InChI is InChI=1S/C21H20FN5O/c1-15(28)16-5-7-19(8-6-16)26-9-11-27(12-10-26)21-24-20(14-23-25-21)17-3-2-4-18(22)13-17/h2-8,13-14H,9-12H2,1H3. The van der Waals surface area contributed by atoms with Gasteiger partial charge in [0.2, 0.25) is 5.95 Å². The summed E-state index contributed by atoms with van der Waals surface area (Å²) in [5.41, 5.74) is 3.10. The summed E-state index contributed by atoms with van der Waals surface area (Å²) in [5, 5.41) is 8.20. The summed E-state index contributed by atoms with van der Waals surface area (Å²) in [6, 6.07) is 14.0. The van der Waals surface area contributed by atoms with Crippen molar-refractivity contribution in [3.05, 3.63) is 66.1 Å². The Morgan fingerprint density at radius 1 is 1.00 bits per heavy atom. The summed E-state index contributed by atoms with van der Waals surface area (Å²) in [4.78, 5) is 20.3. The van der Waals surface area contributed by atoms with Gasteiger partial charge in [-0.3, -0.25) is 4.79 Å². The highest BCUT2D eigenvalue weighted by molar-refractivity contribution is 5.94. The second-order valence-electron chi connectivity index (χ2n) is 6.73. The summed E-state index contributed by atoms with van der Waals surface area (Å²) in [6.07, 6.45) is 1.55. The maximum absolute atomic E-state index is 13.5. The molecule has 0 atom stereocenters. The number of rotatable bonds is 4. The number of halogens is 1. The number of anilines is 2. The van der Waals surface area contributed by atoms with Gasteiger partial charge < -0.3 is 9.80 Å². The van der Waals surface area contributed by atoms with Crippen LogP contribution in [0.3, 0.4) is 0 Å². The van der Waals surface area contributed by atoms with Gasteiger partial charge in [-0.1, -0.05) is 12.1 Å². The van der Waals surface area contributed by atoms with Gasteiger partial charge in [-0.2, -0.15) is 5.10 Å². The zero-order chi connectivity index (χ0) is 19.5. The number of ketones is 1. The molecule has 4 rings (SSSR count). The van der Waals surface area contributed by atoms with Gasteiger partial charge in [-0.05, 0) is 43.3 Å². The molecule has 1 saturated heterocycles. The third-order valence-corrected chi connectivity index (χ3v) is 4.87. The summed E-state index contributed by atoms with van der Waals surface area (Å²) < 4.78 is 13.5. The van der Waals surface area contributed by atoms with E-state index in [1.165, 1.54) is 12.1 Å². The zero-order valence-corrected chi connectivity index (χ0v) is 15.5. The van der Waals surface area contributed by atoms with E-state index >= 15 is 0 Å². The Hall–Kier alpha value is -3.35. The van der Waals surface area contributed by atoms with E-state index in [4.69, 9.17) is 0 Å². The van der Waals surface area contributed by atoms with Crippen LogP contribution in [-0.4, -0.2) is 47.1 Å². The monoisotopic (exact) mass is 377 g/mol. The van der Waals surface area contributed by atoms with Crippen LogP contribution in [0.4, 0.5) is 16.0 Å². The van der Waals surface area contributed by atoms with Crippen molar-refractivity contribution < 1.29 is 9.18 Å². The molecule has 1 aromatic heterocycles. The number of benzene rings is 2. The Labute approximate surface area is 162 Å². The summed E-state index contributed by atoms with van der Waals surface area (Å²) in [7, 11) is 0. The van der Waals surface area contributed by atoms with Gasteiger partial charge in [0, 0.05) is 43.0 Å². The van der Waals surface area contributed by atoms with Crippen molar-refractivity contribution in [3.8, 4) is 11.3 Å². The minimum Gasteiger partial charge on any atom is -0.368 e. The van der Waals surface area contributed by atoms with E-state index in [-0.39, 0.29) is 11.6 Å². The predicted octanol–water partition coefficient (Wildman–Crippen LogP) is 3.21. The van der Waals surface area contributed by atoms with E-state index in [0.29, 0.717) is 17.2 Å². The summed E-state index contributed by atoms with van der Waals surface area (Å²) in [6.45, 7) is 4.70. The Bertz CT molecular complexity index is 984. The van der Waals surface area contributed by atoms with Crippen molar-refractivity contribution in [2.24, 2.45) is 0 Å². The molecule has 1 aliphatic rings. The van der Waals surface area contributed by atoms with Crippen molar-refractivity contribution in [1.82, 2.24) is 15.2 Å². The van der Waals surface area contributed by atoms with E-state index in [1.807, 2.05) is 24.3 Å². The second kappa shape index (κ2) is 7.72. The lowest BCUT2D eigenvalue weighted by Gasteiger charge is -2.36. The molecule has 7 heteroatoms. The van der Waals surface area contributed by atoms with Gasteiger partial charge in [0.05, 0.1) is 11.9 Å². The highest BCUT2D eigenvalue weighted by Crippen LogP contribution is 2.22. The molecule has 6 nitrogen and oxygen atoms in total. The van der Waals surface area contributed by atoms with E-state index in [1.54, 1.807) is 25.3 Å². The Balaban J connectivity index is 1.45. The fourth-order valence-electron chi connectivity index (χ4n) is 3.29. The first-order valence-electron chi connectivity index (χ1n) is 9.17. The lowest BCUT2D eigenvalue weighted by molar-refractivity contribution is 0.101.